The third kappa shape index (κ3) is 3.96. The van der Waals surface area contributed by atoms with Crippen LogP contribution in [0, 0.1) is 26.6 Å². The summed E-state index contributed by atoms with van der Waals surface area (Å²) in [4.78, 5) is 16.5. The second kappa shape index (κ2) is 7.74. The van der Waals surface area contributed by atoms with Gasteiger partial charge in [0, 0.05) is 12.4 Å². The van der Waals surface area contributed by atoms with Gasteiger partial charge in [0.05, 0.1) is 17.1 Å². The summed E-state index contributed by atoms with van der Waals surface area (Å²) in [6.07, 6.45) is 3.59. The third-order valence-electron chi connectivity index (χ3n) is 4.17. The maximum absolute atomic E-state index is 13.9. The molecule has 134 valence electrons. The highest BCUT2D eigenvalue weighted by atomic mass is 32.2. The number of carbonyl (C=O) groups is 1. The Morgan fingerprint density at radius 3 is 2.81 bits per heavy atom. The number of imidazole rings is 1. The van der Waals surface area contributed by atoms with Gasteiger partial charge >= 0.3 is 0 Å². The Labute approximate surface area is 156 Å². The van der Waals surface area contributed by atoms with Crippen molar-refractivity contribution in [3.63, 3.8) is 0 Å². The molecule has 0 bridgehead atoms. The monoisotopic (exact) mass is 369 g/mol. The molecule has 0 radical (unpaired) electrons. The van der Waals surface area contributed by atoms with Gasteiger partial charge < -0.3 is 5.32 Å². The molecule has 0 saturated carbocycles. The van der Waals surface area contributed by atoms with E-state index in [2.05, 4.69) is 30.2 Å². The Hall–Kier alpha value is -2.60. The van der Waals surface area contributed by atoms with E-state index in [1.807, 2.05) is 22.9 Å². The van der Waals surface area contributed by atoms with E-state index in [0.717, 1.165) is 16.4 Å². The molecule has 0 aliphatic rings. The summed E-state index contributed by atoms with van der Waals surface area (Å²) >= 11 is 1.32. The fourth-order valence-corrected chi connectivity index (χ4v) is 3.38. The van der Waals surface area contributed by atoms with Gasteiger partial charge in [-0.1, -0.05) is 30.0 Å². The van der Waals surface area contributed by atoms with Crippen molar-refractivity contribution in [2.75, 3.05) is 11.1 Å². The highest BCUT2D eigenvalue weighted by Gasteiger charge is 2.12. The van der Waals surface area contributed by atoms with Crippen molar-refractivity contribution in [1.82, 2.24) is 9.55 Å². The van der Waals surface area contributed by atoms with E-state index in [1.165, 1.54) is 29.0 Å². The number of hydrogen-bond acceptors (Lipinski definition) is 3. The lowest BCUT2D eigenvalue weighted by atomic mass is 10.1. The average molecular weight is 369 g/mol. The zero-order chi connectivity index (χ0) is 18.7. The molecule has 2 aromatic carbocycles. The molecule has 0 aliphatic carbocycles. The molecule has 0 saturated heterocycles. The smallest absolute Gasteiger partial charge is 0.234 e. The number of thioether (sulfide) groups is 1. The summed E-state index contributed by atoms with van der Waals surface area (Å²) in [7, 11) is 0. The van der Waals surface area contributed by atoms with E-state index in [0.29, 0.717) is 0 Å². The van der Waals surface area contributed by atoms with E-state index in [9.17, 15) is 9.18 Å². The molecule has 1 heterocycles. The van der Waals surface area contributed by atoms with Crippen LogP contribution < -0.4 is 5.32 Å². The second-order valence-corrected chi connectivity index (χ2v) is 7.06. The summed E-state index contributed by atoms with van der Waals surface area (Å²) in [5.41, 5.74) is 4.40. The molecule has 0 unspecified atom stereocenters. The molecule has 26 heavy (non-hydrogen) atoms. The highest BCUT2D eigenvalue weighted by Crippen LogP contribution is 2.24. The van der Waals surface area contributed by atoms with Crippen LogP contribution in [0.15, 0.2) is 53.9 Å². The first kappa shape index (κ1) is 18.2. The summed E-state index contributed by atoms with van der Waals surface area (Å²) in [5, 5.41) is 3.33. The van der Waals surface area contributed by atoms with Gasteiger partial charge in [0.25, 0.3) is 0 Å². The minimum Gasteiger partial charge on any atom is -0.323 e. The summed E-state index contributed by atoms with van der Waals surface area (Å²) < 4.78 is 15.8. The largest absolute Gasteiger partial charge is 0.323 e. The molecule has 1 amide bonds. The van der Waals surface area contributed by atoms with Gasteiger partial charge in [-0.15, -0.1) is 0 Å². The van der Waals surface area contributed by atoms with Gasteiger partial charge in [-0.2, -0.15) is 0 Å². The minimum atomic E-state index is -0.430. The number of hydrogen-bond donors (Lipinski definition) is 1. The zero-order valence-electron chi connectivity index (χ0n) is 14.9. The Balaban J connectivity index is 1.70. The number of carbonyl (C=O) groups excluding carboxylic acids is 1. The summed E-state index contributed by atoms with van der Waals surface area (Å²) in [5.74, 6) is -0.552. The Morgan fingerprint density at radius 2 is 2.04 bits per heavy atom. The van der Waals surface area contributed by atoms with E-state index in [4.69, 9.17) is 0 Å². The standard InChI is InChI=1S/C20H20FN3OS/c1-13-7-8-17(16(21)11-13)23-19(25)12-26-20-22-9-10-24(20)18-6-4-5-14(2)15(18)3/h4-11H,12H2,1-3H3,(H,23,25). The van der Waals surface area contributed by atoms with Crippen LogP contribution in [0.1, 0.15) is 16.7 Å². The molecule has 1 aromatic heterocycles. The van der Waals surface area contributed by atoms with Gasteiger partial charge in [0.1, 0.15) is 5.82 Å². The van der Waals surface area contributed by atoms with Crippen molar-refractivity contribution in [2.45, 2.75) is 25.9 Å². The van der Waals surface area contributed by atoms with Crippen molar-refractivity contribution in [3.8, 4) is 5.69 Å². The van der Waals surface area contributed by atoms with Gasteiger partial charge in [-0.3, -0.25) is 9.36 Å². The Kier molecular flexibility index (Phi) is 5.42. The third-order valence-corrected chi connectivity index (χ3v) is 5.14. The molecule has 3 rings (SSSR count). The van der Waals surface area contributed by atoms with E-state index in [-0.39, 0.29) is 17.3 Å². The first-order chi connectivity index (χ1) is 12.5. The summed E-state index contributed by atoms with van der Waals surface area (Å²) in [6, 6.07) is 10.8. The lowest BCUT2D eigenvalue weighted by molar-refractivity contribution is -0.113. The molecular formula is C20H20FN3OS. The zero-order valence-corrected chi connectivity index (χ0v) is 15.7. The van der Waals surface area contributed by atoms with Gasteiger partial charge in [0.15, 0.2) is 5.16 Å². The van der Waals surface area contributed by atoms with Crippen LogP contribution in [-0.2, 0) is 4.79 Å². The van der Waals surface area contributed by atoms with Crippen LogP contribution in [0.3, 0.4) is 0 Å². The lowest BCUT2D eigenvalue weighted by Gasteiger charge is -2.12. The van der Waals surface area contributed by atoms with Gasteiger partial charge in [-0.25, -0.2) is 9.37 Å². The number of aromatic nitrogens is 2. The average Bonchev–Trinajstić information content (AvgIpc) is 3.06. The van der Waals surface area contributed by atoms with Crippen molar-refractivity contribution in [2.24, 2.45) is 0 Å². The molecule has 0 aliphatic heterocycles. The van der Waals surface area contributed by atoms with Crippen LogP contribution in [0.2, 0.25) is 0 Å². The molecule has 6 heteroatoms. The van der Waals surface area contributed by atoms with Crippen LogP contribution in [0.5, 0.6) is 0 Å². The Morgan fingerprint density at radius 1 is 1.23 bits per heavy atom. The fraction of sp³-hybridized carbons (Fsp3) is 0.200. The summed E-state index contributed by atoms with van der Waals surface area (Å²) in [6.45, 7) is 5.93. The SMILES string of the molecule is Cc1ccc(NC(=O)CSc2nccn2-c2cccc(C)c2C)c(F)c1. The normalized spacial score (nSPS) is 10.8. The number of nitrogens with one attached hydrogen (secondary N) is 1. The molecule has 1 N–H and O–H groups in total. The quantitative estimate of drug-likeness (QED) is 0.665. The number of nitrogens with zero attached hydrogens (tertiary/aromatic N) is 2. The van der Waals surface area contributed by atoms with E-state index < -0.39 is 5.82 Å². The van der Waals surface area contributed by atoms with Crippen LogP contribution in [-0.4, -0.2) is 21.2 Å². The molecule has 3 aromatic rings. The predicted molar refractivity (Wildman–Crippen MR) is 104 cm³/mol. The van der Waals surface area contributed by atoms with Crippen molar-refractivity contribution in [1.29, 1.82) is 0 Å². The number of amides is 1. The van der Waals surface area contributed by atoms with Gasteiger partial charge in [-0.05, 0) is 55.7 Å². The van der Waals surface area contributed by atoms with E-state index >= 15 is 0 Å². The highest BCUT2D eigenvalue weighted by molar-refractivity contribution is 7.99. The minimum absolute atomic E-state index is 0.148. The number of halogens is 1. The lowest BCUT2D eigenvalue weighted by Crippen LogP contribution is -2.15. The van der Waals surface area contributed by atoms with E-state index in [1.54, 1.807) is 25.3 Å². The van der Waals surface area contributed by atoms with Crippen LogP contribution in [0.4, 0.5) is 10.1 Å². The van der Waals surface area contributed by atoms with Crippen molar-refractivity contribution >= 4 is 23.4 Å². The number of rotatable bonds is 5. The maximum Gasteiger partial charge on any atom is 0.234 e. The number of anilines is 1. The molecule has 0 atom stereocenters. The molecule has 4 nitrogen and oxygen atoms in total. The van der Waals surface area contributed by atoms with Gasteiger partial charge in [0.2, 0.25) is 5.91 Å². The molecule has 0 fully saturated rings. The van der Waals surface area contributed by atoms with Crippen molar-refractivity contribution in [3.05, 3.63) is 71.3 Å². The first-order valence-corrected chi connectivity index (χ1v) is 9.23. The molecular weight excluding hydrogens is 349 g/mol. The number of benzene rings is 2. The first-order valence-electron chi connectivity index (χ1n) is 8.24. The van der Waals surface area contributed by atoms with Crippen LogP contribution in [0.25, 0.3) is 5.69 Å². The Bertz CT molecular complexity index is 952. The second-order valence-electron chi connectivity index (χ2n) is 6.12. The van der Waals surface area contributed by atoms with Crippen molar-refractivity contribution < 1.29 is 9.18 Å². The van der Waals surface area contributed by atoms with Crippen LogP contribution >= 0.6 is 11.8 Å². The fourth-order valence-electron chi connectivity index (χ4n) is 2.61. The molecule has 0 spiro atoms. The topological polar surface area (TPSA) is 46.9 Å². The number of aryl methyl sites for hydroxylation is 2. The predicted octanol–water partition coefficient (Wildman–Crippen LogP) is 4.67. The maximum atomic E-state index is 13.9.